The van der Waals surface area contributed by atoms with Gasteiger partial charge in [-0.15, -0.1) is 0 Å². The van der Waals surface area contributed by atoms with Gasteiger partial charge >= 0.3 is 0 Å². The molecule has 3 nitrogen and oxygen atoms in total. The van der Waals surface area contributed by atoms with Crippen LogP contribution in [0.1, 0.15) is 22.2 Å². The molecule has 0 aliphatic carbocycles. The number of furan rings is 1. The molecule has 0 amide bonds. The summed E-state index contributed by atoms with van der Waals surface area (Å²) in [5, 5.41) is 10.9. The van der Waals surface area contributed by atoms with Crippen LogP contribution in [0.15, 0.2) is 53.1 Å². The van der Waals surface area contributed by atoms with E-state index >= 15 is 0 Å². The SMILES string of the molecule is [2H]c1c[n+](C)c(-c2c(C)ccc3c2oc2ccc(C#N)cc23)cc1C([2H])([2H])[2H]. The third kappa shape index (κ3) is 2.08. The maximum atomic E-state index is 9.20. The number of nitriles is 1. The highest BCUT2D eigenvalue weighted by Gasteiger charge is 2.20. The van der Waals surface area contributed by atoms with Crippen LogP contribution in [0.4, 0.5) is 0 Å². The normalized spacial score (nSPS) is 14.0. The maximum absolute atomic E-state index is 9.20. The lowest BCUT2D eigenvalue weighted by atomic mass is 9.99. The lowest BCUT2D eigenvalue weighted by Gasteiger charge is -2.06. The third-order valence-electron chi connectivity index (χ3n) is 4.31. The summed E-state index contributed by atoms with van der Waals surface area (Å²) in [6.07, 6.45) is 1.51. The largest absolute Gasteiger partial charge is 0.455 e. The van der Waals surface area contributed by atoms with E-state index < -0.39 is 6.85 Å². The van der Waals surface area contributed by atoms with Crippen LogP contribution in [0, 0.1) is 25.1 Å². The molecule has 0 spiro atoms. The molecule has 116 valence electrons. The zero-order chi connectivity index (χ0) is 20.2. The number of pyridine rings is 1. The van der Waals surface area contributed by atoms with Crippen molar-refractivity contribution in [2.45, 2.75) is 13.8 Å². The predicted octanol–water partition coefficient (Wildman–Crippen LogP) is 4.57. The van der Waals surface area contributed by atoms with E-state index in [4.69, 9.17) is 9.90 Å². The molecule has 3 heteroatoms. The minimum atomic E-state index is -2.38. The van der Waals surface area contributed by atoms with Crippen molar-refractivity contribution in [2.24, 2.45) is 7.05 Å². The van der Waals surface area contributed by atoms with Gasteiger partial charge in [-0.3, -0.25) is 0 Å². The van der Waals surface area contributed by atoms with E-state index in [0.29, 0.717) is 22.4 Å². The van der Waals surface area contributed by atoms with E-state index in [1.807, 2.05) is 19.1 Å². The summed E-state index contributed by atoms with van der Waals surface area (Å²) in [6.45, 7) is -0.441. The third-order valence-corrected chi connectivity index (χ3v) is 4.31. The Morgan fingerprint density at radius 2 is 2.08 bits per heavy atom. The Morgan fingerprint density at radius 3 is 2.88 bits per heavy atom. The molecule has 2 aromatic carbocycles. The van der Waals surface area contributed by atoms with Crippen LogP contribution in [0.25, 0.3) is 33.2 Å². The van der Waals surface area contributed by atoms with Crippen LogP contribution in [-0.4, -0.2) is 0 Å². The second kappa shape index (κ2) is 5.21. The summed E-state index contributed by atoms with van der Waals surface area (Å²) in [5.41, 5.74) is 4.21. The Balaban J connectivity index is 2.10. The number of rotatable bonds is 1. The van der Waals surface area contributed by atoms with Crippen molar-refractivity contribution in [1.82, 2.24) is 0 Å². The van der Waals surface area contributed by atoms with Gasteiger partial charge in [-0.25, -0.2) is 4.57 Å². The van der Waals surface area contributed by atoms with E-state index in [0.717, 1.165) is 21.9 Å². The van der Waals surface area contributed by atoms with Crippen molar-refractivity contribution in [3.05, 3.63) is 65.3 Å². The summed E-state index contributed by atoms with van der Waals surface area (Å²) in [4.78, 5) is 0. The maximum Gasteiger partial charge on any atom is 0.216 e. The summed E-state index contributed by atoms with van der Waals surface area (Å²) >= 11 is 0. The molecule has 0 saturated heterocycles. The molecule has 24 heavy (non-hydrogen) atoms. The smallest absolute Gasteiger partial charge is 0.216 e. The molecule has 0 atom stereocenters. The fraction of sp³-hybridized carbons (Fsp3) is 0.143. The van der Waals surface area contributed by atoms with Crippen molar-refractivity contribution >= 4 is 21.9 Å². The summed E-state index contributed by atoms with van der Waals surface area (Å²) in [7, 11) is 1.78. The van der Waals surface area contributed by atoms with Crippen molar-refractivity contribution in [3.8, 4) is 17.3 Å². The lowest BCUT2D eigenvalue weighted by Crippen LogP contribution is -2.30. The number of hydrogen-bond acceptors (Lipinski definition) is 2. The number of hydrogen-bond donors (Lipinski definition) is 0. The second-order valence-corrected chi connectivity index (χ2v) is 5.89. The molecule has 0 radical (unpaired) electrons. The van der Waals surface area contributed by atoms with Crippen LogP contribution in [0.5, 0.6) is 0 Å². The van der Waals surface area contributed by atoms with Crippen LogP contribution in [0.2, 0.25) is 0 Å². The minimum absolute atomic E-state index is 0.000110. The molecule has 0 unspecified atom stereocenters. The van der Waals surface area contributed by atoms with Crippen LogP contribution in [-0.2, 0) is 7.05 Å². The van der Waals surface area contributed by atoms with Gasteiger partial charge in [0, 0.05) is 27.0 Å². The Kier molecular flexibility index (Phi) is 2.30. The van der Waals surface area contributed by atoms with Gasteiger partial charge in [0.15, 0.2) is 6.20 Å². The lowest BCUT2D eigenvalue weighted by molar-refractivity contribution is -0.660. The molecule has 2 aromatic heterocycles. The Bertz CT molecular complexity index is 1300. The monoisotopic (exact) mass is 317 g/mol. The molecule has 0 saturated carbocycles. The van der Waals surface area contributed by atoms with Gasteiger partial charge in [0.1, 0.15) is 18.2 Å². The molecule has 0 aliphatic rings. The highest BCUT2D eigenvalue weighted by molar-refractivity contribution is 6.10. The number of aromatic nitrogens is 1. The van der Waals surface area contributed by atoms with E-state index in [9.17, 15) is 5.26 Å². The van der Waals surface area contributed by atoms with Gasteiger partial charge in [-0.05, 0) is 43.1 Å². The van der Waals surface area contributed by atoms with Crippen molar-refractivity contribution < 1.29 is 14.5 Å². The molecule has 0 aliphatic heterocycles. The van der Waals surface area contributed by atoms with Crippen molar-refractivity contribution in [3.63, 3.8) is 0 Å². The number of benzene rings is 2. The Hall–Kier alpha value is -3.12. The first-order valence-corrected chi connectivity index (χ1v) is 7.58. The highest BCUT2D eigenvalue weighted by Crippen LogP contribution is 2.37. The van der Waals surface area contributed by atoms with Crippen LogP contribution in [0.3, 0.4) is 0 Å². The average molecular weight is 317 g/mol. The zero-order valence-electron chi connectivity index (χ0n) is 17.3. The van der Waals surface area contributed by atoms with E-state index in [1.54, 1.807) is 35.9 Å². The van der Waals surface area contributed by atoms with Crippen LogP contribution >= 0.6 is 0 Å². The van der Waals surface area contributed by atoms with E-state index in [-0.39, 0.29) is 11.6 Å². The quantitative estimate of drug-likeness (QED) is 0.483. The van der Waals surface area contributed by atoms with Gasteiger partial charge in [-0.2, -0.15) is 5.26 Å². The first kappa shape index (κ1) is 10.6. The van der Waals surface area contributed by atoms with E-state index in [2.05, 4.69) is 6.07 Å². The second-order valence-electron chi connectivity index (χ2n) is 5.89. The van der Waals surface area contributed by atoms with Gasteiger partial charge in [0.2, 0.25) is 5.69 Å². The topological polar surface area (TPSA) is 40.8 Å². The van der Waals surface area contributed by atoms with Crippen LogP contribution < -0.4 is 4.57 Å². The fourth-order valence-corrected chi connectivity index (χ4v) is 3.09. The van der Waals surface area contributed by atoms with Gasteiger partial charge in [-0.1, -0.05) is 12.1 Å². The Morgan fingerprint density at radius 1 is 1.21 bits per heavy atom. The van der Waals surface area contributed by atoms with Gasteiger partial charge in [0.25, 0.3) is 0 Å². The molecular weight excluding hydrogens is 296 g/mol. The fourth-order valence-electron chi connectivity index (χ4n) is 3.09. The summed E-state index contributed by atoms with van der Waals surface area (Å²) < 4.78 is 39.1. The van der Waals surface area contributed by atoms with Gasteiger partial charge < -0.3 is 4.42 Å². The van der Waals surface area contributed by atoms with Gasteiger partial charge in [0.05, 0.1) is 18.6 Å². The number of aryl methyl sites for hydroxylation is 3. The Labute approximate surface area is 146 Å². The molecular formula is C21H17N2O+. The summed E-state index contributed by atoms with van der Waals surface area (Å²) in [5.74, 6) is 0. The standard InChI is InChI=1S/C21H17N2O/c1-13-8-9-23(3)18(10-13)20-14(2)4-6-16-17-11-15(12-22)5-7-19(17)24-21(16)20/h4-11H,1-3H3/q+1/i1D3,8D. The molecule has 0 N–H and O–H groups in total. The van der Waals surface area contributed by atoms with E-state index in [1.165, 1.54) is 6.20 Å². The van der Waals surface area contributed by atoms with Crippen molar-refractivity contribution in [2.75, 3.05) is 0 Å². The molecule has 2 heterocycles. The first-order chi connectivity index (χ1) is 13.2. The highest BCUT2D eigenvalue weighted by atomic mass is 16.3. The zero-order valence-corrected chi connectivity index (χ0v) is 13.3. The average Bonchev–Trinajstić information content (AvgIpc) is 2.99. The molecule has 0 fully saturated rings. The summed E-state index contributed by atoms with van der Waals surface area (Å²) in [6, 6.07) is 12.8. The number of nitrogens with zero attached hydrogens (tertiary/aromatic N) is 2. The van der Waals surface area contributed by atoms with Crippen molar-refractivity contribution in [1.29, 1.82) is 5.26 Å². The first-order valence-electron chi connectivity index (χ1n) is 9.58. The number of fused-ring (bicyclic) bond motifs is 3. The molecule has 0 bridgehead atoms. The molecule has 4 rings (SSSR count). The minimum Gasteiger partial charge on any atom is -0.455 e. The predicted molar refractivity (Wildman–Crippen MR) is 94.5 cm³/mol. The molecule has 4 aromatic rings.